The summed E-state index contributed by atoms with van der Waals surface area (Å²) in [6, 6.07) is 6.84. The van der Waals surface area contributed by atoms with E-state index in [-0.39, 0.29) is 16.9 Å². The van der Waals surface area contributed by atoms with E-state index >= 15 is 0 Å². The Hall–Kier alpha value is -2.38. The lowest BCUT2D eigenvalue weighted by molar-refractivity contribution is 0.390. The van der Waals surface area contributed by atoms with Gasteiger partial charge in [-0.15, -0.1) is 10.2 Å². The van der Waals surface area contributed by atoms with E-state index in [1.165, 1.54) is 10.6 Å². The SMILES string of the molecule is COc1ccc(Cn2c(=O)nc(Cl)c3nnc(Cl)cc32)c(OC)c1. The molecule has 7 nitrogen and oxygen atoms in total. The maximum absolute atomic E-state index is 12.3. The standard InChI is InChI=1S/C15H12Cl2N4O3/c1-23-9-4-3-8(11(5-9)24-2)7-21-10-6-12(16)19-20-13(10)14(17)18-15(21)22/h3-6H,7H2,1-2H3. The van der Waals surface area contributed by atoms with Gasteiger partial charge in [0.15, 0.2) is 10.3 Å². The Morgan fingerprint density at radius 3 is 2.62 bits per heavy atom. The molecule has 0 aliphatic heterocycles. The lowest BCUT2D eigenvalue weighted by Crippen LogP contribution is -2.24. The van der Waals surface area contributed by atoms with E-state index in [0.29, 0.717) is 22.5 Å². The molecule has 0 saturated heterocycles. The summed E-state index contributed by atoms with van der Waals surface area (Å²) in [5.41, 5.74) is 0.985. The molecule has 9 heteroatoms. The third-order valence-corrected chi connectivity index (χ3v) is 3.93. The summed E-state index contributed by atoms with van der Waals surface area (Å²) in [6.45, 7) is 0.203. The normalized spacial score (nSPS) is 10.8. The third kappa shape index (κ3) is 3.00. The molecule has 2 aromatic heterocycles. The molecule has 1 aromatic carbocycles. The lowest BCUT2D eigenvalue weighted by Gasteiger charge is -2.13. The molecule has 0 atom stereocenters. The van der Waals surface area contributed by atoms with Gasteiger partial charge in [0.25, 0.3) is 0 Å². The first-order chi connectivity index (χ1) is 11.5. The van der Waals surface area contributed by atoms with E-state index < -0.39 is 5.69 Å². The molecule has 0 spiro atoms. The van der Waals surface area contributed by atoms with Crippen molar-refractivity contribution in [1.29, 1.82) is 0 Å². The quantitative estimate of drug-likeness (QED) is 0.660. The molecule has 0 bridgehead atoms. The summed E-state index contributed by atoms with van der Waals surface area (Å²) in [5.74, 6) is 1.23. The van der Waals surface area contributed by atoms with Crippen LogP contribution in [0.5, 0.6) is 11.5 Å². The van der Waals surface area contributed by atoms with Crippen LogP contribution in [-0.4, -0.2) is 34.0 Å². The second kappa shape index (κ2) is 6.62. The first-order valence-corrected chi connectivity index (χ1v) is 7.59. The van der Waals surface area contributed by atoms with Crippen LogP contribution in [-0.2, 0) is 6.54 Å². The van der Waals surface area contributed by atoms with E-state index in [1.807, 2.05) is 0 Å². The fraction of sp³-hybridized carbons (Fsp3) is 0.200. The van der Waals surface area contributed by atoms with Crippen LogP contribution in [0.25, 0.3) is 11.0 Å². The smallest absolute Gasteiger partial charge is 0.349 e. The topological polar surface area (TPSA) is 79.1 Å². The van der Waals surface area contributed by atoms with Crippen molar-refractivity contribution >= 4 is 34.2 Å². The van der Waals surface area contributed by atoms with Gasteiger partial charge in [0, 0.05) is 17.7 Å². The first kappa shape index (κ1) is 16.5. The molecular weight excluding hydrogens is 355 g/mol. The summed E-state index contributed by atoms with van der Waals surface area (Å²) in [7, 11) is 3.11. The largest absolute Gasteiger partial charge is 0.497 e. The van der Waals surface area contributed by atoms with E-state index in [2.05, 4.69) is 15.2 Å². The molecule has 0 amide bonds. The Bertz CT molecular complexity index is 975. The monoisotopic (exact) mass is 366 g/mol. The number of aromatic nitrogens is 4. The van der Waals surface area contributed by atoms with Crippen molar-refractivity contribution in [3.05, 3.63) is 50.6 Å². The van der Waals surface area contributed by atoms with Crippen molar-refractivity contribution in [2.45, 2.75) is 6.54 Å². The molecule has 0 unspecified atom stereocenters. The first-order valence-electron chi connectivity index (χ1n) is 6.83. The number of halogens is 2. The lowest BCUT2D eigenvalue weighted by atomic mass is 10.2. The average Bonchev–Trinajstić information content (AvgIpc) is 2.58. The van der Waals surface area contributed by atoms with Gasteiger partial charge in [0.1, 0.15) is 17.0 Å². The minimum atomic E-state index is -0.519. The van der Waals surface area contributed by atoms with Crippen LogP contribution in [0.2, 0.25) is 10.3 Å². The Balaban J connectivity index is 2.17. The third-order valence-electron chi connectivity index (χ3n) is 3.48. The van der Waals surface area contributed by atoms with Gasteiger partial charge >= 0.3 is 5.69 Å². The van der Waals surface area contributed by atoms with Crippen LogP contribution in [0.15, 0.2) is 29.1 Å². The summed E-state index contributed by atoms with van der Waals surface area (Å²) in [5, 5.41) is 7.78. The highest BCUT2D eigenvalue weighted by atomic mass is 35.5. The number of rotatable bonds is 4. The molecule has 2 heterocycles. The number of fused-ring (bicyclic) bond motifs is 1. The Kier molecular flexibility index (Phi) is 4.55. The molecule has 124 valence electrons. The van der Waals surface area contributed by atoms with E-state index in [4.69, 9.17) is 32.7 Å². The zero-order valence-electron chi connectivity index (χ0n) is 12.8. The van der Waals surface area contributed by atoms with Crippen LogP contribution >= 0.6 is 23.2 Å². The molecule has 0 radical (unpaired) electrons. The van der Waals surface area contributed by atoms with Crippen molar-refractivity contribution in [3.8, 4) is 11.5 Å². The van der Waals surface area contributed by atoms with Crippen LogP contribution in [0.3, 0.4) is 0 Å². The van der Waals surface area contributed by atoms with Crippen LogP contribution < -0.4 is 15.2 Å². The second-order valence-corrected chi connectivity index (χ2v) is 5.60. The Morgan fingerprint density at radius 1 is 1.12 bits per heavy atom. The van der Waals surface area contributed by atoms with Gasteiger partial charge in [-0.2, -0.15) is 4.98 Å². The van der Waals surface area contributed by atoms with Gasteiger partial charge in [-0.05, 0) is 12.1 Å². The van der Waals surface area contributed by atoms with Crippen molar-refractivity contribution < 1.29 is 9.47 Å². The predicted molar refractivity (Wildman–Crippen MR) is 90.3 cm³/mol. The molecule has 0 aliphatic carbocycles. The van der Waals surface area contributed by atoms with Crippen LogP contribution in [0.4, 0.5) is 0 Å². The Morgan fingerprint density at radius 2 is 1.92 bits per heavy atom. The Labute approximate surface area is 146 Å². The van der Waals surface area contributed by atoms with Crippen LogP contribution in [0.1, 0.15) is 5.56 Å². The molecule has 3 aromatic rings. The van der Waals surface area contributed by atoms with Gasteiger partial charge in [-0.3, -0.25) is 4.57 Å². The van der Waals surface area contributed by atoms with Gasteiger partial charge < -0.3 is 9.47 Å². The number of hydrogen-bond donors (Lipinski definition) is 0. The molecule has 24 heavy (non-hydrogen) atoms. The summed E-state index contributed by atoms with van der Waals surface area (Å²) in [4.78, 5) is 16.1. The maximum Gasteiger partial charge on any atom is 0.349 e. The van der Waals surface area contributed by atoms with Crippen LogP contribution in [0, 0.1) is 0 Å². The molecular formula is C15H12Cl2N4O3. The molecule has 0 saturated carbocycles. The molecule has 0 fully saturated rings. The number of methoxy groups -OCH3 is 2. The highest BCUT2D eigenvalue weighted by molar-refractivity contribution is 6.34. The number of nitrogens with zero attached hydrogens (tertiary/aromatic N) is 4. The van der Waals surface area contributed by atoms with Crippen molar-refractivity contribution in [3.63, 3.8) is 0 Å². The van der Waals surface area contributed by atoms with Gasteiger partial charge in [-0.1, -0.05) is 23.2 Å². The minimum Gasteiger partial charge on any atom is -0.497 e. The minimum absolute atomic E-state index is 0.0166. The van der Waals surface area contributed by atoms with Crippen molar-refractivity contribution in [2.24, 2.45) is 0 Å². The summed E-state index contributed by atoms with van der Waals surface area (Å²) >= 11 is 11.9. The van der Waals surface area contributed by atoms with Crippen molar-refractivity contribution in [2.75, 3.05) is 14.2 Å². The van der Waals surface area contributed by atoms with Gasteiger partial charge in [0.2, 0.25) is 0 Å². The molecule has 0 aliphatic rings. The summed E-state index contributed by atoms with van der Waals surface area (Å²) in [6.07, 6.45) is 0. The maximum atomic E-state index is 12.3. The fourth-order valence-corrected chi connectivity index (χ4v) is 2.67. The number of benzene rings is 1. The summed E-state index contributed by atoms with van der Waals surface area (Å²) < 4.78 is 11.9. The highest BCUT2D eigenvalue weighted by Gasteiger charge is 2.14. The second-order valence-electron chi connectivity index (χ2n) is 4.85. The van der Waals surface area contributed by atoms with Gasteiger partial charge in [0.05, 0.1) is 26.3 Å². The molecule has 0 N–H and O–H groups in total. The van der Waals surface area contributed by atoms with E-state index in [1.54, 1.807) is 32.4 Å². The van der Waals surface area contributed by atoms with E-state index in [9.17, 15) is 4.79 Å². The number of hydrogen-bond acceptors (Lipinski definition) is 6. The zero-order chi connectivity index (χ0) is 17.3. The predicted octanol–water partition coefficient (Wildman–Crippen LogP) is 2.56. The number of ether oxygens (including phenoxy) is 2. The molecule has 3 rings (SSSR count). The average molecular weight is 367 g/mol. The van der Waals surface area contributed by atoms with Gasteiger partial charge in [-0.25, -0.2) is 4.79 Å². The van der Waals surface area contributed by atoms with E-state index in [0.717, 1.165) is 5.56 Å². The zero-order valence-corrected chi connectivity index (χ0v) is 14.3. The highest BCUT2D eigenvalue weighted by Crippen LogP contribution is 2.26. The van der Waals surface area contributed by atoms with Crippen molar-refractivity contribution in [1.82, 2.24) is 19.7 Å². The fourth-order valence-electron chi connectivity index (χ4n) is 2.32.